The Kier molecular flexibility index (Phi) is 3.17. The average Bonchev–Trinajstić information content (AvgIpc) is 2.96. The number of ether oxygens (including phenoxy) is 1. The van der Waals surface area contributed by atoms with Crippen LogP contribution < -0.4 is 4.74 Å². The van der Waals surface area contributed by atoms with Gasteiger partial charge in [0.25, 0.3) is 0 Å². The molecule has 0 spiro atoms. The zero-order chi connectivity index (χ0) is 10.1. The number of methoxy groups -OCH3 is 1. The maximum Gasteiger partial charge on any atom is 0.122 e. The van der Waals surface area contributed by atoms with Crippen LogP contribution in [0.15, 0.2) is 22.7 Å². The zero-order valence-corrected chi connectivity index (χ0v) is 11.1. The standard InChI is InChI=1S/C11H12Br2O/c1-14-11-3-2-8(13)5-10(11)9-4-7(9)6-12/h2-3,5,7,9H,4,6H2,1H3. The molecule has 3 heteroatoms. The van der Waals surface area contributed by atoms with Crippen molar-refractivity contribution in [2.45, 2.75) is 12.3 Å². The maximum absolute atomic E-state index is 5.36. The number of halogens is 2. The van der Waals surface area contributed by atoms with Crippen LogP contribution in [0.2, 0.25) is 0 Å². The van der Waals surface area contributed by atoms with E-state index >= 15 is 0 Å². The fourth-order valence-electron chi connectivity index (χ4n) is 1.79. The van der Waals surface area contributed by atoms with Crippen molar-refractivity contribution in [1.29, 1.82) is 0 Å². The summed E-state index contributed by atoms with van der Waals surface area (Å²) in [4.78, 5) is 0. The number of hydrogen-bond acceptors (Lipinski definition) is 1. The van der Waals surface area contributed by atoms with Gasteiger partial charge in [0.2, 0.25) is 0 Å². The molecule has 0 heterocycles. The van der Waals surface area contributed by atoms with Gasteiger partial charge in [0, 0.05) is 9.80 Å². The Morgan fingerprint density at radius 1 is 1.50 bits per heavy atom. The number of alkyl halides is 1. The van der Waals surface area contributed by atoms with Crippen LogP contribution in [-0.4, -0.2) is 12.4 Å². The van der Waals surface area contributed by atoms with E-state index in [2.05, 4.69) is 37.9 Å². The third-order valence-electron chi connectivity index (χ3n) is 2.71. The first-order chi connectivity index (χ1) is 6.76. The minimum Gasteiger partial charge on any atom is -0.496 e. The van der Waals surface area contributed by atoms with E-state index in [9.17, 15) is 0 Å². The fraction of sp³-hybridized carbons (Fsp3) is 0.455. The highest BCUT2D eigenvalue weighted by Gasteiger charge is 2.38. The topological polar surface area (TPSA) is 9.23 Å². The second-order valence-corrected chi connectivity index (χ2v) is 5.21. The summed E-state index contributed by atoms with van der Waals surface area (Å²) in [6, 6.07) is 6.23. The molecule has 0 saturated heterocycles. The smallest absolute Gasteiger partial charge is 0.122 e. The average molecular weight is 320 g/mol. The molecule has 1 aromatic carbocycles. The Balaban J connectivity index is 2.27. The van der Waals surface area contributed by atoms with Crippen LogP contribution in [0.25, 0.3) is 0 Å². The summed E-state index contributed by atoms with van der Waals surface area (Å²) in [7, 11) is 1.73. The van der Waals surface area contributed by atoms with Gasteiger partial charge in [-0.05, 0) is 42.0 Å². The highest BCUT2D eigenvalue weighted by molar-refractivity contribution is 9.10. The first kappa shape index (κ1) is 10.5. The van der Waals surface area contributed by atoms with Crippen LogP contribution in [-0.2, 0) is 0 Å². The van der Waals surface area contributed by atoms with Crippen molar-refractivity contribution in [3.63, 3.8) is 0 Å². The molecule has 76 valence electrons. The summed E-state index contributed by atoms with van der Waals surface area (Å²) in [6.45, 7) is 0. The molecule has 14 heavy (non-hydrogen) atoms. The number of benzene rings is 1. The summed E-state index contributed by atoms with van der Waals surface area (Å²) in [5.41, 5.74) is 1.34. The minimum absolute atomic E-state index is 0.682. The van der Waals surface area contributed by atoms with Crippen molar-refractivity contribution in [3.8, 4) is 5.75 Å². The highest BCUT2D eigenvalue weighted by Crippen LogP contribution is 2.51. The van der Waals surface area contributed by atoms with E-state index in [1.54, 1.807) is 7.11 Å². The molecular formula is C11H12Br2O. The summed E-state index contributed by atoms with van der Waals surface area (Å²) >= 11 is 7.02. The third-order valence-corrected chi connectivity index (χ3v) is 4.04. The Morgan fingerprint density at radius 2 is 2.29 bits per heavy atom. The van der Waals surface area contributed by atoms with Gasteiger partial charge in [-0.3, -0.25) is 0 Å². The van der Waals surface area contributed by atoms with Crippen LogP contribution in [0, 0.1) is 5.92 Å². The van der Waals surface area contributed by atoms with E-state index < -0.39 is 0 Å². The molecule has 0 aromatic heterocycles. The first-order valence-electron chi connectivity index (χ1n) is 4.65. The van der Waals surface area contributed by atoms with E-state index in [0.717, 1.165) is 21.5 Å². The SMILES string of the molecule is COc1ccc(Br)cc1C1CC1CBr. The Hall–Kier alpha value is -0.0200. The molecular weight excluding hydrogens is 308 g/mol. The molecule has 0 amide bonds. The Bertz CT molecular complexity index is 338. The van der Waals surface area contributed by atoms with Crippen LogP contribution in [0.1, 0.15) is 17.9 Å². The van der Waals surface area contributed by atoms with Gasteiger partial charge in [0.05, 0.1) is 7.11 Å². The minimum atomic E-state index is 0.682. The monoisotopic (exact) mass is 318 g/mol. The van der Waals surface area contributed by atoms with E-state index in [-0.39, 0.29) is 0 Å². The molecule has 2 rings (SSSR count). The summed E-state index contributed by atoms with van der Waals surface area (Å²) in [5, 5.41) is 1.09. The maximum atomic E-state index is 5.36. The third kappa shape index (κ3) is 1.98. The molecule has 1 nitrogen and oxygen atoms in total. The van der Waals surface area contributed by atoms with Gasteiger partial charge >= 0.3 is 0 Å². The van der Waals surface area contributed by atoms with E-state index in [4.69, 9.17) is 4.74 Å². The van der Waals surface area contributed by atoms with Crippen molar-refractivity contribution >= 4 is 31.9 Å². The number of rotatable bonds is 3. The summed E-state index contributed by atoms with van der Waals surface area (Å²) in [6.07, 6.45) is 1.28. The molecule has 0 N–H and O–H groups in total. The molecule has 1 fully saturated rings. The predicted octanol–water partition coefficient (Wildman–Crippen LogP) is 3.96. The molecule has 0 aliphatic heterocycles. The molecule has 0 radical (unpaired) electrons. The van der Waals surface area contributed by atoms with Crippen molar-refractivity contribution in [2.75, 3.05) is 12.4 Å². The quantitative estimate of drug-likeness (QED) is 0.766. The van der Waals surface area contributed by atoms with E-state index in [1.165, 1.54) is 12.0 Å². The van der Waals surface area contributed by atoms with Gasteiger partial charge in [0.15, 0.2) is 0 Å². The van der Waals surface area contributed by atoms with Gasteiger partial charge in [0.1, 0.15) is 5.75 Å². The molecule has 0 bridgehead atoms. The molecule has 1 saturated carbocycles. The van der Waals surface area contributed by atoms with Gasteiger partial charge in [-0.15, -0.1) is 0 Å². The van der Waals surface area contributed by atoms with E-state index in [1.807, 2.05) is 12.1 Å². The second-order valence-electron chi connectivity index (χ2n) is 3.64. The van der Waals surface area contributed by atoms with Gasteiger partial charge in [-0.2, -0.15) is 0 Å². The molecule has 1 aliphatic carbocycles. The van der Waals surface area contributed by atoms with Crippen molar-refractivity contribution in [1.82, 2.24) is 0 Å². The molecule has 2 atom stereocenters. The van der Waals surface area contributed by atoms with Crippen LogP contribution >= 0.6 is 31.9 Å². The van der Waals surface area contributed by atoms with Crippen LogP contribution in [0.5, 0.6) is 5.75 Å². The van der Waals surface area contributed by atoms with Crippen molar-refractivity contribution in [2.24, 2.45) is 5.92 Å². The molecule has 1 aliphatic rings. The van der Waals surface area contributed by atoms with Crippen molar-refractivity contribution in [3.05, 3.63) is 28.2 Å². The van der Waals surface area contributed by atoms with Crippen LogP contribution in [0.3, 0.4) is 0 Å². The normalized spacial score (nSPS) is 24.8. The highest BCUT2D eigenvalue weighted by atomic mass is 79.9. The van der Waals surface area contributed by atoms with Gasteiger partial charge in [-0.25, -0.2) is 0 Å². The Labute approximate surface area is 101 Å². The summed E-state index contributed by atoms with van der Waals surface area (Å²) < 4.78 is 6.49. The Morgan fingerprint density at radius 3 is 2.86 bits per heavy atom. The predicted molar refractivity (Wildman–Crippen MR) is 65.3 cm³/mol. The zero-order valence-electron chi connectivity index (χ0n) is 7.97. The van der Waals surface area contributed by atoms with E-state index in [0.29, 0.717) is 5.92 Å². The second kappa shape index (κ2) is 4.23. The molecule has 2 unspecified atom stereocenters. The van der Waals surface area contributed by atoms with Gasteiger partial charge in [-0.1, -0.05) is 31.9 Å². The lowest BCUT2D eigenvalue weighted by Crippen LogP contribution is -1.91. The lowest BCUT2D eigenvalue weighted by Gasteiger charge is -2.08. The lowest BCUT2D eigenvalue weighted by atomic mass is 10.1. The number of hydrogen-bond donors (Lipinski definition) is 0. The lowest BCUT2D eigenvalue weighted by molar-refractivity contribution is 0.409. The van der Waals surface area contributed by atoms with Crippen molar-refractivity contribution < 1.29 is 4.74 Å². The fourth-order valence-corrected chi connectivity index (χ4v) is 2.89. The summed E-state index contributed by atoms with van der Waals surface area (Å²) in [5.74, 6) is 2.49. The molecule has 1 aromatic rings. The van der Waals surface area contributed by atoms with Gasteiger partial charge < -0.3 is 4.74 Å². The first-order valence-corrected chi connectivity index (χ1v) is 6.57. The van der Waals surface area contributed by atoms with Crippen LogP contribution in [0.4, 0.5) is 0 Å². The largest absolute Gasteiger partial charge is 0.496 e.